The molecular weight excluding hydrogens is 1070 g/mol. The number of hydrogen-bond donors (Lipinski definition) is 3. The highest BCUT2D eigenvalue weighted by Crippen LogP contribution is 2.26. The van der Waals surface area contributed by atoms with E-state index in [0.717, 1.165) is 148 Å². The number of carboxylic acids is 1. The highest BCUT2D eigenvalue weighted by atomic mass is 16.7. The summed E-state index contributed by atoms with van der Waals surface area (Å²) in [5.41, 5.74) is 0. The van der Waals surface area contributed by atoms with E-state index in [1.165, 1.54) is 0 Å². The Labute approximate surface area is 513 Å². The molecule has 12 nitrogen and oxygen atoms in total. The molecule has 0 amide bonds. The van der Waals surface area contributed by atoms with Gasteiger partial charge in [-0.2, -0.15) is 0 Å². The first-order valence-corrected chi connectivity index (χ1v) is 32.1. The molecule has 0 aromatic rings. The quantitative estimate of drug-likeness (QED) is 0.0228. The molecule has 12 heteroatoms. The van der Waals surface area contributed by atoms with E-state index in [-0.39, 0.29) is 25.9 Å². The largest absolute Gasteiger partial charge is 0.479 e. The fourth-order valence-electron chi connectivity index (χ4n) is 8.49. The van der Waals surface area contributed by atoms with Gasteiger partial charge in [0.05, 0.1) is 6.61 Å². The van der Waals surface area contributed by atoms with Crippen LogP contribution in [0.1, 0.15) is 213 Å². The standard InChI is InChI=1S/C73H110O12/c1-4-7-10-13-16-19-22-25-28-31-33-36-38-41-44-47-50-53-56-59-65(74)81-62-64(83-66(75)60-57-54-51-48-45-42-40-37-34-32-29-26-23-20-17-14-11-8-5-2)63-82-73-71(69(78)68(77)70(85-73)72(79)80)84-67(76)61-58-55-52-49-46-43-39-35-30-27-24-21-18-15-12-9-6-3/h7-12,16-21,25-30,33-34,36-37,39,41,43-44,50,53,64,68-71,73,77-78H,4-6,13-15,22-24,31-32,35,38,40,42,45-49,51-52,54-63H2,1-3H3,(H,79,80)/b10-7-,11-8-,12-9-,19-16-,20-17-,21-18-,28-25-,29-26-,30-27-,36-33-,37-34-,43-39-,44-41-,53-50-. The van der Waals surface area contributed by atoms with Crippen molar-refractivity contribution < 1.29 is 58.2 Å². The molecule has 0 aromatic carbocycles. The van der Waals surface area contributed by atoms with Crippen LogP contribution in [-0.4, -0.2) is 89.2 Å². The molecule has 0 aliphatic carbocycles. The molecule has 0 spiro atoms. The van der Waals surface area contributed by atoms with Crippen LogP contribution in [0.25, 0.3) is 0 Å². The van der Waals surface area contributed by atoms with E-state index in [0.29, 0.717) is 25.7 Å². The average molecular weight is 1180 g/mol. The molecule has 1 fully saturated rings. The van der Waals surface area contributed by atoms with Crippen LogP contribution in [0.15, 0.2) is 170 Å². The third-order valence-electron chi connectivity index (χ3n) is 13.3. The van der Waals surface area contributed by atoms with Crippen molar-refractivity contribution in [1.82, 2.24) is 0 Å². The number of aliphatic hydroxyl groups excluding tert-OH is 2. The lowest BCUT2D eigenvalue weighted by molar-refractivity contribution is -0.301. The summed E-state index contributed by atoms with van der Waals surface area (Å²) in [5, 5.41) is 31.6. The lowest BCUT2D eigenvalue weighted by Crippen LogP contribution is -2.61. The molecule has 0 aromatic heterocycles. The Hall–Kier alpha value is -5.92. The Bertz CT molecular complexity index is 2130. The minimum absolute atomic E-state index is 0.0131. The highest BCUT2D eigenvalue weighted by molar-refractivity contribution is 5.74. The van der Waals surface area contributed by atoms with E-state index < -0.39 is 67.3 Å². The number of carboxylic acid groups (broad SMARTS) is 1. The van der Waals surface area contributed by atoms with Crippen molar-refractivity contribution in [2.45, 2.75) is 250 Å². The molecule has 6 unspecified atom stereocenters. The van der Waals surface area contributed by atoms with Gasteiger partial charge in [0.15, 0.2) is 24.6 Å². The number of hydrogen-bond acceptors (Lipinski definition) is 11. The summed E-state index contributed by atoms with van der Waals surface area (Å²) >= 11 is 0. The number of aliphatic hydroxyl groups is 2. The first-order valence-electron chi connectivity index (χ1n) is 32.1. The molecular formula is C73H110O12. The van der Waals surface area contributed by atoms with Crippen molar-refractivity contribution >= 4 is 23.9 Å². The van der Waals surface area contributed by atoms with Crippen molar-refractivity contribution in [1.29, 1.82) is 0 Å². The molecule has 1 aliphatic heterocycles. The molecule has 474 valence electrons. The first-order chi connectivity index (χ1) is 41.6. The fraction of sp³-hybridized carbons (Fsp3) is 0.562. The predicted octanol–water partition coefficient (Wildman–Crippen LogP) is 17.5. The van der Waals surface area contributed by atoms with Gasteiger partial charge in [0.2, 0.25) is 0 Å². The highest BCUT2D eigenvalue weighted by Gasteiger charge is 2.50. The molecule has 85 heavy (non-hydrogen) atoms. The number of carbonyl (C=O) groups is 4. The van der Waals surface area contributed by atoms with Crippen LogP contribution in [-0.2, 0) is 42.9 Å². The van der Waals surface area contributed by atoms with Crippen LogP contribution < -0.4 is 0 Å². The van der Waals surface area contributed by atoms with Gasteiger partial charge in [-0.3, -0.25) is 14.4 Å². The Morgan fingerprint density at radius 3 is 1.12 bits per heavy atom. The van der Waals surface area contributed by atoms with Crippen molar-refractivity contribution in [2.75, 3.05) is 13.2 Å². The molecule has 1 heterocycles. The fourth-order valence-corrected chi connectivity index (χ4v) is 8.49. The van der Waals surface area contributed by atoms with Crippen LogP contribution in [0.2, 0.25) is 0 Å². The van der Waals surface area contributed by atoms with Crippen molar-refractivity contribution in [3.05, 3.63) is 170 Å². The Kier molecular flexibility index (Phi) is 53.0. The van der Waals surface area contributed by atoms with Gasteiger partial charge in [0.25, 0.3) is 0 Å². The third kappa shape index (κ3) is 48.0. The second-order valence-corrected chi connectivity index (χ2v) is 20.9. The molecule has 6 atom stereocenters. The van der Waals surface area contributed by atoms with Gasteiger partial charge in [-0.25, -0.2) is 4.79 Å². The third-order valence-corrected chi connectivity index (χ3v) is 13.3. The zero-order chi connectivity index (χ0) is 61.7. The van der Waals surface area contributed by atoms with Gasteiger partial charge >= 0.3 is 23.9 Å². The topological polar surface area (TPSA) is 175 Å². The number of aliphatic carboxylic acids is 1. The maximum absolute atomic E-state index is 13.2. The molecule has 1 saturated heterocycles. The Morgan fingerprint density at radius 1 is 0.388 bits per heavy atom. The Balaban J connectivity index is 2.76. The van der Waals surface area contributed by atoms with Crippen LogP contribution in [0.4, 0.5) is 0 Å². The van der Waals surface area contributed by atoms with Crippen molar-refractivity contribution in [3.63, 3.8) is 0 Å². The summed E-state index contributed by atoms with van der Waals surface area (Å²) in [6.45, 7) is 5.56. The monoisotopic (exact) mass is 1180 g/mol. The predicted molar refractivity (Wildman–Crippen MR) is 348 cm³/mol. The minimum Gasteiger partial charge on any atom is -0.479 e. The zero-order valence-corrected chi connectivity index (χ0v) is 52.3. The lowest BCUT2D eigenvalue weighted by atomic mass is 9.98. The van der Waals surface area contributed by atoms with Gasteiger partial charge in [-0.15, -0.1) is 0 Å². The van der Waals surface area contributed by atoms with E-state index in [1.807, 2.05) is 12.2 Å². The van der Waals surface area contributed by atoms with Gasteiger partial charge in [0, 0.05) is 19.3 Å². The zero-order valence-electron chi connectivity index (χ0n) is 52.3. The summed E-state index contributed by atoms with van der Waals surface area (Å²) in [4.78, 5) is 51.3. The van der Waals surface area contributed by atoms with E-state index >= 15 is 0 Å². The second-order valence-electron chi connectivity index (χ2n) is 20.9. The summed E-state index contributed by atoms with van der Waals surface area (Å²) in [7, 11) is 0. The van der Waals surface area contributed by atoms with Crippen LogP contribution in [0.5, 0.6) is 0 Å². The van der Waals surface area contributed by atoms with Crippen LogP contribution in [0, 0.1) is 0 Å². The van der Waals surface area contributed by atoms with Gasteiger partial charge in [0.1, 0.15) is 18.8 Å². The van der Waals surface area contributed by atoms with E-state index in [2.05, 4.69) is 179 Å². The Morgan fingerprint density at radius 2 is 0.729 bits per heavy atom. The average Bonchev–Trinajstić information content (AvgIpc) is 3.46. The number of ether oxygens (including phenoxy) is 5. The number of esters is 3. The summed E-state index contributed by atoms with van der Waals surface area (Å²) in [6, 6.07) is 0. The van der Waals surface area contributed by atoms with E-state index in [4.69, 9.17) is 23.7 Å². The van der Waals surface area contributed by atoms with Gasteiger partial charge in [-0.05, 0) is 135 Å². The molecule has 0 radical (unpaired) electrons. The lowest BCUT2D eigenvalue weighted by Gasteiger charge is -2.40. The number of unbranched alkanes of at least 4 members (excludes halogenated alkanes) is 10. The van der Waals surface area contributed by atoms with E-state index in [9.17, 15) is 34.5 Å². The van der Waals surface area contributed by atoms with E-state index in [1.54, 1.807) is 0 Å². The molecule has 0 saturated carbocycles. The molecule has 1 rings (SSSR count). The summed E-state index contributed by atoms with van der Waals surface area (Å²) in [6.07, 6.45) is 74.6. The van der Waals surface area contributed by atoms with Gasteiger partial charge < -0.3 is 39.0 Å². The maximum atomic E-state index is 13.2. The molecule has 3 N–H and O–H groups in total. The first kappa shape index (κ1) is 77.1. The molecule has 1 aliphatic rings. The summed E-state index contributed by atoms with van der Waals surface area (Å²) in [5.74, 6) is -3.31. The van der Waals surface area contributed by atoms with Crippen LogP contribution in [0.3, 0.4) is 0 Å². The number of allylic oxidation sites excluding steroid dienone is 28. The number of carbonyl (C=O) groups excluding carboxylic acids is 3. The number of rotatable bonds is 52. The molecule has 0 bridgehead atoms. The summed E-state index contributed by atoms with van der Waals surface area (Å²) < 4.78 is 28.4. The normalized spacial score (nSPS) is 18.6. The van der Waals surface area contributed by atoms with Gasteiger partial charge in [-0.1, -0.05) is 229 Å². The maximum Gasteiger partial charge on any atom is 0.335 e. The smallest absolute Gasteiger partial charge is 0.335 e. The SMILES string of the molecule is CC/C=C\C/C=C\C/C=C\C/C=C\C/C=C\C/C=C\CCC(=O)OCC(COC1OC(C(=O)O)C(O)C(O)C1OC(=O)CCCCCC/C=C\C/C=C\C/C=C\C/C=C\CC)OC(=O)CCCCCCCC/C=C\C/C=C\C/C=C\C/C=C\CC. The minimum atomic E-state index is -1.94. The van der Waals surface area contributed by atoms with Crippen molar-refractivity contribution in [3.8, 4) is 0 Å². The second kappa shape index (κ2) is 58.5. The van der Waals surface area contributed by atoms with Crippen LogP contribution >= 0.6 is 0 Å². The van der Waals surface area contributed by atoms with Crippen molar-refractivity contribution in [2.24, 2.45) is 0 Å².